The minimum atomic E-state index is -0.264. The molecule has 2 unspecified atom stereocenters. The molecule has 0 spiro atoms. The second kappa shape index (κ2) is 6.67. The molecule has 5 heteroatoms. The number of anilines is 1. The fraction of sp³-hybridized carbons (Fsp3) is 0.474. The number of hydrogen-bond acceptors (Lipinski definition) is 3. The van der Waals surface area contributed by atoms with E-state index in [1.54, 1.807) is 25.2 Å². The maximum Gasteiger partial charge on any atom is 0.253 e. The number of rotatable bonds is 5. The molecule has 2 N–H and O–H groups in total. The number of nitrogens with one attached hydrogen (secondary N) is 2. The zero-order chi connectivity index (χ0) is 18.1. The standard InChI is InChI=1S/C19H26N2O3/c1-11(2)9-14-16(19(14,3)4)18(23)21-15-8-7-12(24-6)10-13(15)17(22)20-5/h7-10,14,16H,1-6H3,(H,20,22)(H,21,23). The van der Waals surface area contributed by atoms with Gasteiger partial charge in [0.05, 0.1) is 24.3 Å². The first kappa shape index (κ1) is 18.0. The van der Waals surface area contributed by atoms with E-state index in [1.165, 1.54) is 12.7 Å². The highest BCUT2D eigenvalue weighted by Gasteiger charge is 2.60. The Morgan fingerprint density at radius 3 is 2.46 bits per heavy atom. The second-order valence-electron chi connectivity index (χ2n) is 7.05. The summed E-state index contributed by atoms with van der Waals surface area (Å²) in [5, 5.41) is 5.50. The van der Waals surface area contributed by atoms with Gasteiger partial charge in [0, 0.05) is 7.05 Å². The molecular weight excluding hydrogens is 304 g/mol. The van der Waals surface area contributed by atoms with E-state index in [0.29, 0.717) is 17.0 Å². The molecule has 1 aliphatic rings. The van der Waals surface area contributed by atoms with Crippen molar-refractivity contribution in [3.05, 3.63) is 35.4 Å². The van der Waals surface area contributed by atoms with E-state index >= 15 is 0 Å². The Morgan fingerprint density at radius 1 is 1.25 bits per heavy atom. The number of hydrogen-bond donors (Lipinski definition) is 2. The Balaban J connectivity index is 2.24. The predicted octanol–water partition coefficient (Wildman–Crippen LogP) is 3.23. The topological polar surface area (TPSA) is 67.4 Å². The van der Waals surface area contributed by atoms with Gasteiger partial charge in [-0.25, -0.2) is 0 Å². The van der Waals surface area contributed by atoms with Crippen LogP contribution in [0.2, 0.25) is 0 Å². The van der Waals surface area contributed by atoms with Crippen LogP contribution in [-0.4, -0.2) is 26.0 Å². The van der Waals surface area contributed by atoms with E-state index in [-0.39, 0.29) is 29.1 Å². The van der Waals surface area contributed by atoms with Gasteiger partial charge < -0.3 is 15.4 Å². The summed E-state index contributed by atoms with van der Waals surface area (Å²) in [6, 6.07) is 5.06. The van der Waals surface area contributed by atoms with Crippen molar-refractivity contribution in [1.82, 2.24) is 5.32 Å². The maximum atomic E-state index is 12.7. The maximum absolute atomic E-state index is 12.7. The highest BCUT2D eigenvalue weighted by molar-refractivity contribution is 6.05. The van der Waals surface area contributed by atoms with Gasteiger partial charge in [0.1, 0.15) is 5.75 Å². The van der Waals surface area contributed by atoms with E-state index in [4.69, 9.17) is 4.74 Å². The summed E-state index contributed by atoms with van der Waals surface area (Å²) in [7, 11) is 3.10. The van der Waals surface area contributed by atoms with Gasteiger partial charge >= 0.3 is 0 Å². The van der Waals surface area contributed by atoms with Crippen LogP contribution in [0.15, 0.2) is 29.8 Å². The van der Waals surface area contributed by atoms with Crippen molar-refractivity contribution in [3.63, 3.8) is 0 Å². The summed E-state index contributed by atoms with van der Waals surface area (Å²) in [6.45, 7) is 8.26. The molecule has 2 rings (SSSR count). The lowest BCUT2D eigenvalue weighted by molar-refractivity contribution is -0.118. The van der Waals surface area contributed by atoms with E-state index in [9.17, 15) is 9.59 Å². The van der Waals surface area contributed by atoms with Crippen molar-refractivity contribution in [1.29, 1.82) is 0 Å². The number of carbonyl (C=O) groups excluding carboxylic acids is 2. The van der Waals surface area contributed by atoms with Gasteiger partial charge in [-0.3, -0.25) is 9.59 Å². The molecule has 130 valence electrons. The Morgan fingerprint density at radius 2 is 1.92 bits per heavy atom. The van der Waals surface area contributed by atoms with Crippen LogP contribution in [0.1, 0.15) is 38.1 Å². The normalized spacial score (nSPS) is 20.8. The lowest BCUT2D eigenvalue weighted by Gasteiger charge is -2.12. The molecule has 1 fully saturated rings. The van der Waals surface area contributed by atoms with Crippen LogP contribution >= 0.6 is 0 Å². The first-order valence-electron chi connectivity index (χ1n) is 8.08. The quantitative estimate of drug-likeness (QED) is 0.815. The summed E-state index contributed by atoms with van der Waals surface area (Å²) in [4.78, 5) is 24.8. The summed E-state index contributed by atoms with van der Waals surface area (Å²) >= 11 is 0. The lowest BCUT2D eigenvalue weighted by atomic mass is 10.1. The fourth-order valence-corrected chi connectivity index (χ4v) is 3.14. The Kier molecular flexibility index (Phi) is 5.02. The van der Waals surface area contributed by atoms with E-state index in [0.717, 1.165) is 0 Å². The molecule has 1 aromatic carbocycles. The smallest absolute Gasteiger partial charge is 0.253 e. The first-order chi connectivity index (χ1) is 11.2. The van der Waals surface area contributed by atoms with Crippen molar-refractivity contribution in [2.45, 2.75) is 27.7 Å². The molecule has 24 heavy (non-hydrogen) atoms. The molecule has 0 aromatic heterocycles. The first-order valence-corrected chi connectivity index (χ1v) is 8.08. The predicted molar refractivity (Wildman–Crippen MR) is 95.2 cm³/mol. The van der Waals surface area contributed by atoms with Gasteiger partial charge in [0.25, 0.3) is 5.91 Å². The van der Waals surface area contributed by atoms with Crippen molar-refractivity contribution >= 4 is 17.5 Å². The lowest BCUT2D eigenvalue weighted by Crippen LogP contribution is -2.23. The number of amides is 2. The van der Waals surface area contributed by atoms with Gasteiger partial charge in [0.15, 0.2) is 0 Å². The third-order valence-electron chi connectivity index (χ3n) is 4.66. The summed E-state index contributed by atoms with van der Waals surface area (Å²) < 4.78 is 5.16. The number of benzene rings is 1. The van der Waals surface area contributed by atoms with Crippen molar-refractivity contribution in [3.8, 4) is 5.75 Å². The summed E-state index contributed by atoms with van der Waals surface area (Å²) in [5.41, 5.74) is 2.03. The third kappa shape index (κ3) is 3.45. The molecule has 0 aliphatic heterocycles. The van der Waals surface area contributed by atoms with Gasteiger partial charge in [-0.2, -0.15) is 0 Å². The number of ether oxygens (including phenoxy) is 1. The van der Waals surface area contributed by atoms with Crippen LogP contribution in [0.4, 0.5) is 5.69 Å². The van der Waals surface area contributed by atoms with Crippen LogP contribution in [-0.2, 0) is 4.79 Å². The van der Waals surface area contributed by atoms with Gasteiger partial charge in [0.2, 0.25) is 5.91 Å². The molecule has 1 aliphatic carbocycles. The van der Waals surface area contributed by atoms with Gasteiger partial charge in [-0.1, -0.05) is 25.5 Å². The van der Waals surface area contributed by atoms with Gasteiger partial charge in [-0.15, -0.1) is 0 Å². The largest absolute Gasteiger partial charge is 0.497 e. The fourth-order valence-electron chi connectivity index (χ4n) is 3.14. The van der Waals surface area contributed by atoms with Crippen LogP contribution in [0.25, 0.3) is 0 Å². The second-order valence-corrected chi connectivity index (χ2v) is 7.05. The minimum Gasteiger partial charge on any atom is -0.497 e. The number of allylic oxidation sites excluding steroid dienone is 2. The average Bonchev–Trinajstić information content (AvgIpc) is 3.06. The van der Waals surface area contributed by atoms with Gasteiger partial charge in [-0.05, 0) is 43.4 Å². The average molecular weight is 330 g/mol. The zero-order valence-electron chi connectivity index (χ0n) is 15.2. The number of methoxy groups -OCH3 is 1. The Bertz CT molecular complexity index is 688. The molecule has 1 saturated carbocycles. The molecule has 2 amide bonds. The monoisotopic (exact) mass is 330 g/mol. The Labute approximate surface area is 143 Å². The highest BCUT2D eigenvalue weighted by Crippen LogP contribution is 2.59. The molecule has 0 saturated heterocycles. The van der Waals surface area contributed by atoms with Crippen molar-refractivity contribution < 1.29 is 14.3 Å². The van der Waals surface area contributed by atoms with Crippen LogP contribution in [0.5, 0.6) is 5.75 Å². The van der Waals surface area contributed by atoms with E-state index in [2.05, 4.69) is 30.6 Å². The minimum absolute atomic E-state index is 0.0576. The SMILES string of the molecule is CNC(=O)c1cc(OC)ccc1NC(=O)C1C(C=C(C)C)C1(C)C. The van der Waals surface area contributed by atoms with E-state index in [1.807, 2.05) is 13.8 Å². The molecule has 1 aromatic rings. The van der Waals surface area contributed by atoms with Crippen LogP contribution < -0.4 is 15.4 Å². The molecule has 5 nitrogen and oxygen atoms in total. The Hall–Kier alpha value is -2.30. The number of carbonyl (C=O) groups is 2. The summed E-state index contributed by atoms with van der Waals surface area (Å²) in [6.07, 6.45) is 2.15. The van der Waals surface area contributed by atoms with Crippen molar-refractivity contribution in [2.24, 2.45) is 17.3 Å². The molecule has 0 radical (unpaired) electrons. The molecule has 0 bridgehead atoms. The summed E-state index contributed by atoms with van der Waals surface area (Å²) in [5.74, 6) is 0.384. The highest BCUT2D eigenvalue weighted by atomic mass is 16.5. The molecular formula is C19H26N2O3. The van der Waals surface area contributed by atoms with E-state index < -0.39 is 0 Å². The molecule has 0 heterocycles. The third-order valence-corrected chi connectivity index (χ3v) is 4.66. The van der Waals surface area contributed by atoms with Crippen LogP contribution in [0.3, 0.4) is 0 Å². The van der Waals surface area contributed by atoms with Crippen molar-refractivity contribution in [2.75, 3.05) is 19.5 Å². The van der Waals surface area contributed by atoms with Crippen LogP contribution in [0, 0.1) is 17.3 Å². The zero-order valence-corrected chi connectivity index (χ0v) is 15.2. The molecule has 2 atom stereocenters.